The number of nitriles is 1. The fourth-order valence-electron chi connectivity index (χ4n) is 3.97. The molecule has 6 nitrogen and oxygen atoms in total. The monoisotopic (exact) mass is 418 g/mol. The number of carbonyl (C=O) groups excluding carboxylic acids is 1. The van der Waals surface area contributed by atoms with Crippen LogP contribution in [0.5, 0.6) is 17.2 Å². The number of para-hydroxylation sites is 1. The maximum Gasteiger partial charge on any atom is 0.203 e. The van der Waals surface area contributed by atoms with Crippen molar-refractivity contribution in [2.75, 3.05) is 33.3 Å². The van der Waals surface area contributed by atoms with E-state index in [2.05, 4.69) is 19.9 Å². The van der Waals surface area contributed by atoms with Gasteiger partial charge >= 0.3 is 0 Å². The summed E-state index contributed by atoms with van der Waals surface area (Å²) in [6.07, 6.45) is 3.08. The van der Waals surface area contributed by atoms with Gasteiger partial charge in [0, 0.05) is 29.9 Å². The number of fused-ring (bicyclic) bond motifs is 1. The van der Waals surface area contributed by atoms with Crippen LogP contribution in [0.15, 0.2) is 53.7 Å². The number of benzene rings is 2. The number of ketones is 1. The fourth-order valence-corrected chi connectivity index (χ4v) is 3.97. The molecule has 0 fully saturated rings. The molecular formula is C25H26N2O4. The summed E-state index contributed by atoms with van der Waals surface area (Å²) in [5.41, 5.74) is 3.29. The molecule has 0 N–H and O–H groups in total. The van der Waals surface area contributed by atoms with Crippen LogP contribution in [0.3, 0.4) is 0 Å². The van der Waals surface area contributed by atoms with E-state index in [0.29, 0.717) is 22.8 Å². The van der Waals surface area contributed by atoms with Gasteiger partial charge in [0.1, 0.15) is 6.07 Å². The molecule has 1 aliphatic rings. The maximum absolute atomic E-state index is 13.1. The molecule has 2 aromatic rings. The largest absolute Gasteiger partial charge is 0.493 e. The zero-order valence-electron chi connectivity index (χ0n) is 18.6. The van der Waals surface area contributed by atoms with E-state index in [4.69, 9.17) is 14.2 Å². The first-order chi connectivity index (χ1) is 14.8. The van der Waals surface area contributed by atoms with Gasteiger partial charge in [0.25, 0.3) is 0 Å². The van der Waals surface area contributed by atoms with Crippen molar-refractivity contribution in [3.8, 4) is 23.3 Å². The SMILES string of the molecule is COc1cc(/C=C(\C#N)C(=O)/C=C2/N(C)c3ccccc3C2(C)C)cc(OC)c1OC. The lowest BCUT2D eigenvalue weighted by atomic mass is 9.83. The molecule has 0 radical (unpaired) electrons. The van der Waals surface area contributed by atoms with Crippen molar-refractivity contribution < 1.29 is 19.0 Å². The highest BCUT2D eigenvalue weighted by Crippen LogP contribution is 2.46. The average molecular weight is 418 g/mol. The highest BCUT2D eigenvalue weighted by Gasteiger charge is 2.38. The van der Waals surface area contributed by atoms with Crippen LogP contribution >= 0.6 is 0 Å². The van der Waals surface area contributed by atoms with Crippen LogP contribution in [0.4, 0.5) is 5.69 Å². The number of ether oxygens (including phenoxy) is 3. The number of carbonyl (C=O) groups is 1. The molecule has 0 aliphatic carbocycles. The molecule has 0 saturated carbocycles. The number of allylic oxidation sites excluding steroid dienone is 3. The zero-order chi connectivity index (χ0) is 22.8. The van der Waals surface area contributed by atoms with E-state index in [0.717, 1.165) is 16.9 Å². The summed E-state index contributed by atoms with van der Waals surface area (Å²) >= 11 is 0. The summed E-state index contributed by atoms with van der Waals surface area (Å²) in [6.45, 7) is 4.15. The standard InChI is InChI=1S/C25H26N2O4/c1-25(2)18-9-7-8-10-19(18)27(3)23(25)14-20(28)17(15-26)11-16-12-21(29-4)24(31-6)22(13-16)30-5/h7-14H,1-6H3/b17-11+,23-14+. The molecule has 2 aromatic carbocycles. The van der Waals surface area contributed by atoms with Crippen LogP contribution in [-0.4, -0.2) is 34.2 Å². The van der Waals surface area contributed by atoms with Gasteiger partial charge in [-0.15, -0.1) is 0 Å². The Morgan fingerprint density at radius 1 is 1.06 bits per heavy atom. The second-order valence-electron chi connectivity index (χ2n) is 7.72. The highest BCUT2D eigenvalue weighted by atomic mass is 16.5. The number of nitrogens with zero attached hydrogens (tertiary/aromatic N) is 2. The van der Waals surface area contributed by atoms with Crippen molar-refractivity contribution in [2.24, 2.45) is 0 Å². The number of hydrogen-bond acceptors (Lipinski definition) is 6. The number of hydrogen-bond donors (Lipinski definition) is 0. The van der Waals surface area contributed by atoms with Crippen LogP contribution in [0, 0.1) is 11.3 Å². The zero-order valence-corrected chi connectivity index (χ0v) is 18.6. The van der Waals surface area contributed by atoms with Crippen LogP contribution in [-0.2, 0) is 10.2 Å². The summed E-state index contributed by atoms with van der Waals surface area (Å²) in [5, 5.41) is 9.69. The van der Waals surface area contributed by atoms with E-state index >= 15 is 0 Å². The minimum Gasteiger partial charge on any atom is -0.493 e. The van der Waals surface area contributed by atoms with E-state index in [1.165, 1.54) is 27.4 Å². The molecule has 0 saturated heterocycles. The van der Waals surface area contributed by atoms with Crippen LogP contribution in [0.25, 0.3) is 6.08 Å². The van der Waals surface area contributed by atoms with Crippen molar-refractivity contribution in [3.05, 3.63) is 64.9 Å². The van der Waals surface area contributed by atoms with Gasteiger partial charge in [0.05, 0.1) is 26.9 Å². The number of methoxy groups -OCH3 is 3. The molecule has 160 valence electrons. The number of rotatable bonds is 6. The van der Waals surface area contributed by atoms with Crippen molar-refractivity contribution in [1.29, 1.82) is 5.26 Å². The molecule has 0 amide bonds. The Labute approximate surface area is 183 Å². The smallest absolute Gasteiger partial charge is 0.203 e. The van der Waals surface area contributed by atoms with E-state index in [1.807, 2.05) is 36.2 Å². The van der Waals surface area contributed by atoms with Gasteiger partial charge < -0.3 is 19.1 Å². The van der Waals surface area contributed by atoms with E-state index in [9.17, 15) is 10.1 Å². The summed E-state index contributed by atoms with van der Waals surface area (Å²) in [5.74, 6) is 0.979. The third-order valence-electron chi connectivity index (χ3n) is 5.59. The predicted octanol–water partition coefficient (Wildman–Crippen LogP) is 4.50. The first kappa shape index (κ1) is 22.0. The van der Waals surface area contributed by atoms with Gasteiger partial charge in [-0.3, -0.25) is 4.79 Å². The van der Waals surface area contributed by atoms with Crippen molar-refractivity contribution >= 4 is 17.5 Å². The first-order valence-corrected chi connectivity index (χ1v) is 9.80. The van der Waals surface area contributed by atoms with Crippen LogP contribution < -0.4 is 19.1 Å². The third-order valence-corrected chi connectivity index (χ3v) is 5.59. The topological polar surface area (TPSA) is 71.8 Å². The molecular weight excluding hydrogens is 392 g/mol. The maximum atomic E-state index is 13.1. The average Bonchev–Trinajstić information content (AvgIpc) is 2.97. The van der Waals surface area contributed by atoms with E-state index in [1.54, 1.807) is 18.2 Å². The highest BCUT2D eigenvalue weighted by molar-refractivity contribution is 6.11. The quantitative estimate of drug-likeness (QED) is 0.508. The Balaban J connectivity index is 2.02. The molecule has 1 heterocycles. The second kappa shape index (κ2) is 8.57. The minimum absolute atomic E-state index is 0.0157. The van der Waals surface area contributed by atoms with Crippen molar-refractivity contribution in [1.82, 2.24) is 0 Å². The lowest BCUT2D eigenvalue weighted by Gasteiger charge is -2.23. The number of anilines is 1. The van der Waals surface area contributed by atoms with Gasteiger partial charge in [-0.05, 0) is 35.4 Å². The summed E-state index contributed by atoms with van der Waals surface area (Å²) in [4.78, 5) is 15.1. The third kappa shape index (κ3) is 3.87. The van der Waals surface area contributed by atoms with Gasteiger partial charge in [-0.1, -0.05) is 32.0 Å². The Bertz CT molecular complexity index is 1100. The Hall–Kier alpha value is -3.72. The molecule has 0 atom stereocenters. The lowest BCUT2D eigenvalue weighted by molar-refractivity contribution is -0.111. The Kier molecular flexibility index (Phi) is 6.07. The molecule has 1 aliphatic heterocycles. The first-order valence-electron chi connectivity index (χ1n) is 9.80. The molecule has 0 aromatic heterocycles. The molecule has 6 heteroatoms. The van der Waals surface area contributed by atoms with Gasteiger partial charge in [0.2, 0.25) is 5.75 Å². The minimum atomic E-state index is -0.362. The predicted molar refractivity (Wildman–Crippen MR) is 121 cm³/mol. The molecule has 0 spiro atoms. The second-order valence-corrected chi connectivity index (χ2v) is 7.72. The Morgan fingerprint density at radius 3 is 2.19 bits per heavy atom. The van der Waals surface area contributed by atoms with Gasteiger partial charge in [-0.2, -0.15) is 5.26 Å². The molecule has 0 unspecified atom stereocenters. The normalized spacial score (nSPS) is 16.0. The van der Waals surface area contributed by atoms with Crippen LogP contribution in [0.1, 0.15) is 25.0 Å². The number of likely N-dealkylation sites (N-methyl/N-ethyl adjacent to an activating group) is 1. The van der Waals surface area contributed by atoms with Crippen molar-refractivity contribution in [3.63, 3.8) is 0 Å². The molecule has 3 rings (SSSR count). The fraction of sp³-hybridized carbons (Fsp3) is 0.280. The van der Waals surface area contributed by atoms with E-state index in [-0.39, 0.29) is 16.8 Å². The van der Waals surface area contributed by atoms with Gasteiger partial charge in [-0.25, -0.2) is 0 Å². The van der Waals surface area contributed by atoms with Gasteiger partial charge in [0.15, 0.2) is 17.3 Å². The van der Waals surface area contributed by atoms with E-state index < -0.39 is 0 Å². The summed E-state index contributed by atoms with van der Waals surface area (Å²) < 4.78 is 16.0. The van der Waals surface area contributed by atoms with Crippen molar-refractivity contribution in [2.45, 2.75) is 19.3 Å². The summed E-state index contributed by atoms with van der Waals surface area (Å²) in [6, 6.07) is 13.5. The Morgan fingerprint density at radius 2 is 1.68 bits per heavy atom. The summed E-state index contributed by atoms with van der Waals surface area (Å²) in [7, 11) is 6.48. The van der Waals surface area contributed by atoms with Crippen LogP contribution in [0.2, 0.25) is 0 Å². The molecule has 0 bridgehead atoms. The lowest BCUT2D eigenvalue weighted by Crippen LogP contribution is -2.24. The molecule has 31 heavy (non-hydrogen) atoms.